The van der Waals surface area contributed by atoms with Crippen molar-refractivity contribution < 1.29 is 33.0 Å². The Morgan fingerprint density at radius 1 is 1.01 bits per heavy atom. The summed E-state index contributed by atoms with van der Waals surface area (Å²) in [6, 6.07) is 14.2. The van der Waals surface area contributed by atoms with E-state index in [9.17, 15) is 24.3 Å². The summed E-state index contributed by atoms with van der Waals surface area (Å²) >= 11 is 1.56. The van der Waals surface area contributed by atoms with Crippen LogP contribution in [0, 0.1) is 19.3 Å². The Morgan fingerprint density at radius 2 is 1.76 bits per heavy atom. The zero-order valence-electron chi connectivity index (χ0n) is 38.9. The molecule has 6 aromatic rings. The molecule has 5 heterocycles. The summed E-state index contributed by atoms with van der Waals surface area (Å²) in [6.07, 6.45) is 0.604. The molecule has 3 N–H and O–H groups in total. The number of benzene rings is 3. The van der Waals surface area contributed by atoms with Crippen molar-refractivity contribution in [2.75, 3.05) is 25.1 Å². The van der Waals surface area contributed by atoms with Gasteiger partial charge in [0.1, 0.15) is 24.4 Å². The first-order chi connectivity index (χ1) is 31.8. The van der Waals surface area contributed by atoms with E-state index in [2.05, 4.69) is 20.7 Å². The second-order valence-corrected chi connectivity index (χ2v) is 19.6. The van der Waals surface area contributed by atoms with E-state index >= 15 is 8.78 Å². The predicted octanol–water partition coefficient (Wildman–Crippen LogP) is 7.54. The van der Waals surface area contributed by atoms with E-state index in [4.69, 9.17) is 4.74 Å². The molecule has 3 aromatic carbocycles. The molecule has 0 saturated carbocycles. The third kappa shape index (κ3) is 9.44. The number of aryl methyl sites for hydroxylation is 4. The maximum atomic E-state index is 15.1. The Hall–Kier alpha value is -6.46. The number of β-amino-alcohol motifs (C(OH)–C–C–N with tert-alkyl or cyclic N) is 1. The van der Waals surface area contributed by atoms with Gasteiger partial charge in [0, 0.05) is 72.7 Å². The van der Waals surface area contributed by atoms with Crippen LogP contribution in [0.15, 0.2) is 77.3 Å². The Kier molecular flexibility index (Phi) is 13.1. The Bertz CT molecular complexity index is 2920. The number of hydrogen-bond donors (Lipinski definition) is 3. The highest BCUT2D eigenvalue weighted by molar-refractivity contribution is 7.13. The number of ether oxygens (including phenoxy) is 1. The van der Waals surface area contributed by atoms with E-state index in [0.717, 1.165) is 44.8 Å². The maximum absolute atomic E-state index is 15.1. The van der Waals surface area contributed by atoms with Gasteiger partial charge in [-0.05, 0) is 79.5 Å². The van der Waals surface area contributed by atoms with Gasteiger partial charge in [-0.2, -0.15) is 5.10 Å². The van der Waals surface area contributed by atoms with E-state index in [1.807, 2.05) is 55.1 Å². The summed E-state index contributed by atoms with van der Waals surface area (Å²) in [4.78, 5) is 63.5. The van der Waals surface area contributed by atoms with Gasteiger partial charge in [0.25, 0.3) is 12.0 Å². The molecule has 0 aliphatic carbocycles. The molecule has 0 spiro atoms. The number of aromatic nitrogens is 4. The first-order valence-corrected chi connectivity index (χ1v) is 23.2. The molecule has 3 amide bonds. The fraction of sp³-hybridized carbons (Fsp3) is 0.400. The molecule has 17 heteroatoms. The third-order valence-electron chi connectivity index (χ3n) is 12.9. The van der Waals surface area contributed by atoms with Crippen LogP contribution in [0.4, 0.5) is 20.2 Å². The highest BCUT2D eigenvalue weighted by Gasteiger charge is 2.45. The first-order valence-electron chi connectivity index (χ1n) is 22.3. The summed E-state index contributed by atoms with van der Waals surface area (Å²) in [6.45, 7) is 11.1. The Morgan fingerprint density at radius 3 is 2.43 bits per heavy atom. The number of carbonyl (C=O) groups is 3. The monoisotopic (exact) mass is 934 g/mol. The van der Waals surface area contributed by atoms with Gasteiger partial charge in [-0.15, -0.1) is 11.3 Å². The van der Waals surface area contributed by atoms with Crippen molar-refractivity contribution >= 4 is 51.3 Å². The maximum Gasteiger partial charge on any atom is 0.264 e. The number of methoxy groups -OCH3 is 1. The molecule has 0 unspecified atom stereocenters. The number of amides is 3. The number of nitrogens with one attached hydrogen (secondary N) is 2. The topological polar surface area (TPSA) is 164 Å². The van der Waals surface area contributed by atoms with Crippen LogP contribution < -0.4 is 25.8 Å². The van der Waals surface area contributed by atoms with Crippen molar-refractivity contribution in [2.24, 2.45) is 12.5 Å². The molecule has 2 aliphatic rings. The lowest BCUT2D eigenvalue weighted by Gasteiger charge is -2.35. The quantitative estimate of drug-likeness (QED) is 0.113. The summed E-state index contributed by atoms with van der Waals surface area (Å²) < 4.78 is 38.7. The van der Waals surface area contributed by atoms with Crippen LogP contribution in [0.2, 0.25) is 0 Å². The molecule has 1 saturated heterocycles. The van der Waals surface area contributed by atoms with Gasteiger partial charge < -0.3 is 34.8 Å². The second-order valence-electron chi connectivity index (χ2n) is 18.7. The van der Waals surface area contributed by atoms with Crippen molar-refractivity contribution in [1.29, 1.82) is 0 Å². The van der Waals surface area contributed by atoms with Gasteiger partial charge in [-0.3, -0.25) is 23.9 Å². The van der Waals surface area contributed by atoms with Crippen molar-refractivity contribution in [1.82, 2.24) is 34.9 Å². The number of rotatable bonds is 12. The van der Waals surface area contributed by atoms with Gasteiger partial charge >= 0.3 is 0 Å². The first kappa shape index (κ1) is 47.0. The molecule has 4 atom stereocenters. The zero-order valence-corrected chi connectivity index (χ0v) is 39.7. The van der Waals surface area contributed by atoms with Crippen LogP contribution in [0.5, 0.6) is 5.75 Å². The third-order valence-corrected chi connectivity index (χ3v) is 13.9. The van der Waals surface area contributed by atoms with Gasteiger partial charge in [0.05, 0.1) is 52.7 Å². The molecule has 2 aliphatic heterocycles. The van der Waals surface area contributed by atoms with Crippen LogP contribution in [0.25, 0.3) is 32.5 Å². The van der Waals surface area contributed by atoms with Crippen molar-refractivity contribution in [3.63, 3.8) is 0 Å². The van der Waals surface area contributed by atoms with Crippen LogP contribution >= 0.6 is 11.3 Å². The Balaban J connectivity index is 0.984. The number of anilines is 2. The molecule has 8 rings (SSSR count). The molecule has 1 fully saturated rings. The number of alkyl halides is 2. The predicted molar refractivity (Wildman–Crippen MR) is 255 cm³/mol. The van der Waals surface area contributed by atoms with Crippen LogP contribution in [-0.2, 0) is 34.4 Å². The van der Waals surface area contributed by atoms with E-state index in [0.29, 0.717) is 41.0 Å². The van der Waals surface area contributed by atoms with Crippen molar-refractivity contribution in [3.8, 4) is 27.3 Å². The zero-order chi connectivity index (χ0) is 48.1. The fourth-order valence-electron chi connectivity index (χ4n) is 9.30. The molecule has 0 bridgehead atoms. The van der Waals surface area contributed by atoms with E-state index in [1.165, 1.54) is 28.0 Å². The minimum Gasteiger partial charge on any atom is -0.497 e. The van der Waals surface area contributed by atoms with E-state index in [-0.39, 0.29) is 36.2 Å². The summed E-state index contributed by atoms with van der Waals surface area (Å²) in [5.41, 5.74) is 7.59. The number of likely N-dealkylation sites (tertiary alicyclic amines) is 1. The smallest absolute Gasteiger partial charge is 0.264 e. The van der Waals surface area contributed by atoms with Crippen molar-refractivity contribution in [3.05, 3.63) is 111 Å². The lowest BCUT2D eigenvalue weighted by molar-refractivity contribution is -0.144. The molecular formula is C50H56F2N8O6S. The van der Waals surface area contributed by atoms with E-state index in [1.54, 1.807) is 75.4 Å². The summed E-state index contributed by atoms with van der Waals surface area (Å²) in [5.74, 6) is -0.955. The average Bonchev–Trinajstić information content (AvgIpc) is 4.05. The number of carbonyl (C=O) groups excluding carboxylic acids is 3. The minimum atomic E-state index is -2.84. The van der Waals surface area contributed by atoms with Gasteiger partial charge in [-0.25, -0.2) is 13.8 Å². The number of aliphatic hydroxyl groups is 1. The molecule has 352 valence electrons. The highest BCUT2D eigenvalue weighted by Crippen LogP contribution is 2.44. The number of pyridine rings is 1. The number of nitrogens with zero attached hydrogens (tertiary/aromatic N) is 6. The van der Waals surface area contributed by atoms with E-state index < -0.39 is 53.8 Å². The minimum absolute atomic E-state index is 0.0376. The SMILES string of the molecule is COc1cc(N2CCCc3cc(-c4cnn(CC(=O)N[C@H](C(=O)N5C[C@H](O)C[C@H]5C(=O)N[C@@H](C)c5ccc(-c6scnc6C)cc5)C(C)(C)C)c4)c(C(F)F)cc32)c2cc(C)c(=O)n(C)c2c1. The fourth-order valence-corrected chi connectivity index (χ4v) is 10.1. The molecule has 3 aromatic heterocycles. The molecule has 0 radical (unpaired) electrons. The van der Waals surface area contributed by atoms with Crippen molar-refractivity contribution in [2.45, 2.75) is 98.0 Å². The summed E-state index contributed by atoms with van der Waals surface area (Å²) in [5, 5.41) is 21.8. The largest absolute Gasteiger partial charge is 0.497 e. The normalized spacial score (nSPS) is 17.1. The molecular weight excluding hydrogens is 879 g/mol. The van der Waals surface area contributed by atoms with Crippen LogP contribution in [0.1, 0.15) is 81.0 Å². The Labute approximate surface area is 391 Å². The number of halogens is 2. The number of fused-ring (bicyclic) bond motifs is 2. The number of hydrogen-bond acceptors (Lipinski definition) is 10. The van der Waals surface area contributed by atoms with Gasteiger partial charge in [0.2, 0.25) is 17.7 Å². The molecule has 67 heavy (non-hydrogen) atoms. The lowest BCUT2D eigenvalue weighted by Crippen LogP contribution is -2.58. The number of aliphatic hydroxyl groups excluding tert-OH is 1. The standard InChI is InChI=1S/C50H56F2N8O6S/c1-27-16-38-40(57(7)48(27)64)19-35(66-8)20-41(38)59-15-9-10-32-17-36(37(46(51)52)21-39(32)59)33-22-54-58(23-33)25-43(62)56-45(50(4,5)6)49(65)60-24-34(61)18-42(60)47(63)55-28(2)30-11-13-31(14-12-30)44-29(3)53-26-67-44/h11-14,16-17,19-23,26,28,34,42,45-46,61H,9-10,15,18,24-25H2,1-8H3,(H,55,63)(H,56,62)/t28-,34+,42-,45+/m0/s1. The molecule has 14 nitrogen and oxygen atoms in total. The lowest BCUT2D eigenvalue weighted by atomic mass is 9.85. The van der Waals surface area contributed by atoms with Gasteiger partial charge in [-0.1, -0.05) is 45.0 Å². The summed E-state index contributed by atoms with van der Waals surface area (Å²) in [7, 11) is 3.24. The van der Waals surface area contributed by atoms with Crippen LogP contribution in [-0.4, -0.2) is 85.4 Å². The van der Waals surface area contributed by atoms with Gasteiger partial charge in [0.15, 0.2) is 0 Å². The van der Waals surface area contributed by atoms with Crippen LogP contribution in [0.3, 0.4) is 0 Å². The number of thiazole rings is 1. The average molecular weight is 935 g/mol. The highest BCUT2D eigenvalue weighted by atomic mass is 32.1. The second kappa shape index (κ2) is 18.7.